The van der Waals surface area contributed by atoms with Gasteiger partial charge in [0.1, 0.15) is 6.33 Å². The predicted octanol–water partition coefficient (Wildman–Crippen LogP) is 4.98. The van der Waals surface area contributed by atoms with Crippen LogP contribution in [0.4, 0.5) is 4.79 Å². The highest BCUT2D eigenvalue weighted by molar-refractivity contribution is 5.78. The van der Waals surface area contributed by atoms with Crippen molar-refractivity contribution in [3.63, 3.8) is 0 Å². The maximum atomic E-state index is 12.9. The Hall–Kier alpha value is -2.92. The van der Waals surface area contributed by atoms with Crippen LogP contribution in [0.25, 0.3) is 11.3 Å². The summed E-state index contributed by atoms with van der Waals surface area (Å²) in [7, 11) is 1.89. The third-order valence-electron chi connectivity index (χ3n) is 5.69. The predicted molar refractivity (Wildman–Crippen MR) is 113 cm³/mol. The second-order valence-corrected chi connectivity index (χ2v) is 7.65. The normalized spacial score (nSPS) is 19.1. The molecule has 5 heteroatoms. The molecule has 0 aliphatic heterocycles. The quantitative estimate of drug-likeness (QED) is 0.618. The zero-order valence-corrected chi connectivity index (χ0v) is 16.8. The van der Waals surface area contributed by atoms with Gasteiger partial charge in [0, 0.05) is 24.8 Å². The van der Waals surface area contributed by atoms with E-state index in [1.54, 1.807) is 10.9 Å². The number of nitrogens with zero attached hydrogens (tertiary/aromatic N) is 3. The van der Waals surface area contributed by atoms with Gasteiger partial charge in [-0.15, -0.1) is 0 Å². The molecule has 0 N–H and O–H groups in total. The van der Waals surface area contributed by atoms with Crippen LogP contribution >= 0.6 is 0 Å². The summed E-state index contributed by atoms with van der Waals surface area (Å²) >= 11 is 0. The van der Waals surface area contributed by atoms with E-state index in [1.165, 1.54) is 5.56 Å². The number of ether oxygens (including phenoxy) is 1. The van der Waals surface area contributed by atoms with Crippen molar-refractivity contribution in [2.45, 2.75) is 44.4 Å². The first kappa shape index (κ1) is 19.4. The highest BCUT2D eigenvalue weighted by Gasteiger charge is 2.27. The van der Waals surface area contributed by atoms with Crippen LogP contribution in [0.5, 0.6) is 0 Å². The number of amides is 1. The maximum Gasteiger partial charge on any atom is 0.329 e. The van der Waals surface area contributed by atoms with Crippen molar-refractivity contribution < 1.29 is 9.53 Å². The molecule has 29 heavy (non-hydrogen) atoms. The smallest absolute Gasteiger partial charge is 0.329 e. The zero-order valence-electron chi connectivity index (χ0n) is 16.8. The van der Waals surface area contributed by atoms with Gasteiger partial charge in [-0.2, -0.15) is 0 Å². The number of imidazole rings is 1. The van der Waals surface area contributed by atoms with Gasteiger partial charge in [-0.25, -0.2) is 9.78 Å². The molecule has 2 aromatic carbocycles. The number of benzene rings is 2. The van der Waals surface area contributed by atoms with E-state index in [9.17, 15) is 4.79 Å². The lowest BCUT2D eigenvalue weighted by Gasteiger charge is -2.34. The van der Waals surface area contributed by atoms with Crippen LogP contribution in [0.3, 0.4) is 0 Å². The number of carbonyl (C=O) groups is 1. The minimum atomic E-state index is -0.0339. The van der Waals surface area contributed by atoms with Crippen LogP contribution in [-0.2, 0) is 11.3 Å². The van der Waals surface area contributed by atoms with Crippen molar-refractivity contribution in [2.75, 3.05) is 7.05 Å². The highest BCUT2D eigenvalue weighted by Crippen LogP contribution is 2.26. The molecule has 1 heterocycles. The first-order valence-electron chi connectivity index (χ1n) is 10.2. The molecular formula is C24H27N3O2. The van der Waals surface area contributed by atoms with Crippen molar-refractivity contribution in [3.8, 4) is 11.3 Å². The Balaban J connectivity index is 1.29. The Morgan fingerprint density at radius 3 is 2.38 bits per heavy atom. The van der Waals surface area contributed by atoms with Gasteiger partial charge < -0.3 is 9.64 Å². The highest BCUT2D eigenvalue weighted by atomic mass is 16.5. The van der Waals surface area contributed by atoms with E-state index in [0.717, 1.165) is 36.9 Å². The molecule has 1 aromatic heterocycles. The van der Waals surface area contributed by atoms with Crippen LogP contribution in [0.2, 0.25) is 0 Å². The molecule has 1 aliphatic rings. The van der Waals surface area contributed by atoms with Gasteiger partial charge in [-0.1, -0.05) is 60.7 Å². The fraction of sp³-hybridized carbons (Fsp3) is 0.333. The Labute approximate surface area is 171 Å². The van der Waals surface area contributed by atoms with E-state index in [-0.39, 0.29) is 18.2 Å². The standard InChI is InChI=1S/C24H27N3O2/c1-26(24(28)27-16-23(25-18-27)20-10-6-3-7-11-20)21-12-14-22(15-13-21)29-17-19-8-4-2-5-9-19/h2-11,16,18,21-22H,12-15,17H2,1H3. The minimum absolute atomic E-state index is 0.0339. The summed E-state index contributed by atoms with van der Waals surface area (Å²) in [5, 5.41) is 0. The monoisotopic (exact) mass is 389 g/mol. The SMILES string of the molecule is CN(C(=O)n1cnc(-c2ccccc2)c1)C1CCC(OCc2ccccc2)CC1. The van der Waals surface area contributed by atoms with Crippen molar-refractivity contribution in [1.29, 1.82) is 0 Å². The molecule has 1 saturated carbocycles. The van der Waals surface area contributed by atoms with Gasteiger partial charge in [0.05, 0.1) is 18.4 Å². The van der Waals surface area contributed by atoms with Gasteiger partial charge in [0.25, 0.3) is 0 Å². The van der Waals surface area contributed by atoms with Crippen molar-refractivity contribution in [2.24, 2.45) is 0 Å². The number of aromatic nitrogens is 2. The minimum Gasteiger partial charge on any atom is -0.374 e. The lowest BCUT2D eigenvalue weighted by atomic mass is 9.92. The Kier molecular flexibility index (Phi) is 6.06. The van der Waals surface area contributed by atoms with Crippen LogP contribution in [0.15, 0.2) is 73.2 Å². The van der Waals surface area contributed by atoms with Crippen molar-refractivity contribution >= 4 is 6.03 Å². The molecule has 150 valence electrons. The lowest BCUT2D eigenvalue weighted by molar-refractivity contribution is 0.00403. The molecule has 0 saturated heterocycles. The van der Waals surface area contributed by atoms with E-state index >= 15 is 0 Å². The number of rotatable bonds is 5. The molecule has 3 aromatic rings. The number of hydrogen-bond acceptors (Lipinski definition) is 3. The lowest BCUT2D eigenvalue weighted by Crippen LogP contribution is -2.42. The van der Waals surface area contributed by atoms with Gasteiger partial charge in [0.15, 0.2) is 0 Å². The second kappa shape index (κ2) is 9.05. The first-order valence-corrected chi connectivity index (χ1v) is 10.2. The Morgan fingerprint density at radius 1 is 1.03 bits per heavy atom. The Morgan fingerprint density at radius 2 is 1.69 bits per heavy atom. The molecule has 0 radical (unpaired) electrons. The third kappa shape index (κ3) is 4.74. The summed E-state index contributed by atoms with van der Waals surface area (Å²) in [6, 6.07) is 20.4. The molecule has 0 atom stereocenters. The third-order valence-corrected chi connectivity index (χ3v) is 5.69. The summed E-state index contributed by atoms with van der Waals surface area (Å²) in [4.78, 5) is 19.1. The van der Waals surface area contributed by atoms with Gasteiger partial charge in [-0.05, 0) is 31.2 Å². The molecule has 1 fully saturated rings. The van der Waals surface area contributed by atoms with E-state index in [0.29, 0.717) is 6.61 Å². The van der Waals surface area contributed by atoms with Gasteiger partial charge in [-0.3, -0.25) is 4.57 Å². The molecular weight excluding hydrogens is 362 g/mol. The summed E-state index contributed by atoms with van der Waals surface area (Å²) in [5.74, 6) is 0. The summed E-state index contributed by atoms with van der Waals surface area (Å²) in [6.45, 7) is 0.655. The molecule has 5 nitrogen and oxygen atoms in total. The second-order valence-electron chi connectivity index (χ2n) is 7.65. The average Bonchev–Trinajstić information content (AvgIpc) is 3.29. The van der Waals surface area contributed by atoms with Crippen LogP contribution in [-0.4, -0.2) is 39.7 Å². The largest absolute Gasteiger partial charge is 0.374 e. The van der Waals surface area contributed by atoms with Crippen molar-refractivity contribution in [3.05, 3.63) is 78.8 Å². The summed E-state index contributed by atoms with van der Waals surface area (Å²) in [5.41, 5.74) is 3.03. The number of hydrogen-bond donors (Lipinski definition) is 0. The van der Waals surface area contributed by atoms with Crippen molar-refractivity contribution in [1.82, 2.24) is 14.5 Å². The molecule has 0 bridgehead atoms. The summed E-state index contributed by atoms with van der Waals surface area (Å²) in [6.07, 6.45) is 7.57. The van der Waals surface area contributed by atoms with Crippen LogP contribution in [0, 0.1) is 0 Å². The fourth-order valence-electron chi connectivity index (χ4n) is 3.91. The van der Waals surface area contributed by atoms with E-state index in [4.69, 9.17) is 4.74 Å². The fourth-order valence-corrected chi connectivity index (χ4v) is 3.91. The molecule has 4 rings (SSSR count). The molecule has 0 unspecified atom stereocenters. The van der Waals surface area contributed by atoms with Crippen LogP contribution in [0.1, 0.15) is 31.2 Å². The molecule has 1 amide bonds. The van der Waals surface area contributed by atoms with Crippen LogP contribution < -0.4 is 0 Å². The molecule has 0 spiro atoms. The van der Waals surface area contributed by atoms with E-state index in [1.807, 2.05) is 66.7 Å². The van der Waals surface area contributed by atoms with Gasteiger partial charge in [0.2, 0.25) is 0 Å². The Bertz CT molecular complexity index is 916. The van der Waals surface area contributed by atoms with E-state index < -0.39 is 0 Å². The number of carbonyl (C=O) groups excluding carboxylic acids is 1. The zero-order chi connectivity index (χ0) is 20.1. The topological polar surface area (TPSA) is 47.4 Å². The maximum absolute atomic E-state index is 12.9. The summed E-state index contributed by atoms with van der Waals surface area (Å²) < 4.78 is 7.66. The van der Waals surface area contributed by atoms with E-state index in [2.05, 4.69) is 17.1 Å². The average molecular weight is 389 g/mol. The van der Waals surface area contributed by atoms with Gasteiger partial charge >= 0.3 is 6.03 Å². The molecule has 1 aliphatic carbocycles. The first-order chi connectivity index (χ1) is 14.2.